The van der Waals surface area contributed by atoms with Gasteiger partial charge in [-0.25, -0.2) is 4.98 Å². The number of nitrogens with zero attached hydrogens (tertiary/aromatic N) is 3. The van der Waals surface area contributed by atoms with Gasteiger partial charge in [0.15, 0.2) is 5.69 Å². The van der Waals surface area contributed by atoms with Crippen LogP contribution >= 0.6 is 11.6 Å². The molecule has 2 aromatic rings. The average molecular weight is 514 g/mol. The predicted molar refractivity (Wildman–Crippen MR) is 131 cm³/mol. The van der Waals surface area contributed by atoms with Gasteiger partial charge in [0.25, 0.3) is 5.91 Å². The van der Waals surface area contributed by atoms with E-state index in [4.69, 9.17) is 16.3 Å². The van der Waals surface area contributed by atoms with Crippen molar-refractivity contribution in [2.24, 2.45) is 5.92 Å². The van der Waals surface area contributed by atoms with Crippen LogP contribution in [0.3, 0.4) is 0 Å². The molecule has 8 nitrogen and oxygen atoms in total. The number of aliphatic hydroxyl groups is 1. The van der Waals surface area contributed by atoms with E-state index in [-0.39, 0.29) is 40.3 Å². The molecule has 1 saturated carbocycles. The van der Waals surface area contributed by atoms with Crippen LogP contribution in [0.1, 0.15) is 70.3 Å². The summed E-state index contributed by atoms with van der Waals surface area (Å²) in [6, 6.07) is 1.46. The Morgan fingerprint density at radius 3 is 2.66 bits per heavy atom. The molecule has 2 aromatic heterocycles. The first-order valence-electron chi connectivity index (χ1n) is 12.1. The molecule has 0 radical (unpaired) electrons. The Kier molecular flexibility index (Phi) is 8.93. The fourth-order valence-corrected chi connectivity index (χ4v) is 4.44. The number of alkyl halides is 2. The molecule has 1 fully saturated rings. The third-order valence-electron chi connectivity index (χ3n) is 6.54. The number of aromatic nitrogens is 3. The Balaban J connectivity index is 1.90. The van der Waals surface area contributed by atoms with Gasteiger partial charge in [-0.2, -0.15) is 13.9 Å². The highest BCUT2D eigenvalue weighted by Crippen LogP contribution is 2.38. The quantitative estimate of drug-likeness (QED) is 0.408. The van der Waals surface area contributed by atoms with E-state index in [9.17, 15) is 18.7 Å². The number of hydrogen-bond donors (Lipinski definition) is 3. The normalized spacial score (nSPS) is 21.1. The first kappa shape index (κ1) is 27.1. The van der Waals surface area contributed by atoms with Gasteiger partial charge in [0.1, 0.15) is 11.6 Å². The molecule has 3 N–H and O–H groups in total. The molecule has 0 spiro atoms. The lowest BCUT2D eigenvalue weighted by Crippen LogP contribution is -2.45. The summed E-state index contributed by atoms with van der Waals surface area (Å²) >= 11 is 6.57. The van der Waals surface area contributed by atoms with Crippen LogP contribution in [0.4, 0.5) is 14.6 Å². The highest BCUT2D eigenvalue weighted by Gasteiger charge is 2.33. The van der Waals surface area contributed by atoms with Crippen molar-refractivity contribution in [2.75, 3.05) is 11.9 Å². The predicted octanol–water partition coefficient (Wildman–Crippen LogP) is 5.10. The first-order chi connectivity index (χ1) is 16.6. The van der Waals surface area contributed by atoms with Crippen molar-refractivity contribution in [3.63, 3.8) is 0 Å². The summed E-state index contributed by atoms with van der Waals surface area (Å²) < 4.78 is 32.7. The van der Waals surface area contributed by atoms with Crippen molar-refractivity contribution >= 4 is 23.3 Å². The Morgan fingerprint density at radius 2 is 2.06 bits per heavy atom. The Hall–Kier alpha value is -2.46. The van der Waals surface area contributed by atoms with E-state index in [2.05, 4.69) is 27.6 Å². The minimum atomic E-state index is -3.06. The maximum absolute atomic E-state index is 13.2. The third kappa shape index (κ3) is 6.61. The lowest BCUT2D eigenvalue weighted by atomic mass is 9.79. The van der Waals surface area contributed by atoms with E-state index in [0.717, 1.165) is 19.3 Å². The molecule has 1 amide bonds. The van der Waals surface area contributed by atoms with Gasteiger partial charge in [-0.1, -0.05) is 25.4 Å². The number of carbonyl (C=O) groups is 1. The van der Waals surface area contributed by atoms with Crippen LogP contribution in [0, 0.1) is 5.92 Å². The van der Waals surface area contributed by atoms with Gasteiger partial charge in [0.05, 0.1) is 21.9 Å². The summed E-state index contributed by atoms with van der Waals surface area (Å²) in [7, 11) is 0. The first-order valence-corrected chi connectivity index (χ1v) is 12.4. The van der Waals surface area contributed by atoms with Crippen molar-refractivity contribution < 1.29 is 23.4 Å². The average Bonchev–Trinajstić information content (AvgIpc) is 3.15. The molecule has 0 bridgehead atoms. The van der Waals surface area contributed by atoms with Gasteiger partial charge in [0.2, 0.25) is 0 Å². The van der Waals surface area contributed by atoms with Crippen LogP contribution in [0.2, 0.25) is 5.02 Å². The monoisotopic (exact) mass is 513 g/mol. The maximum atomic E-state index is 13.2. The maximum Gasteiger partial charge on any atom is 0.387 e. The van der Waals surface area contributed by atoms with Gasteiger partial charge in [-0.3, -0.25) is 9.48 Å². The number of halogens is 3. The van der Waals surface area contributed by atoms with Crippen molar-refractivity contribution in [1.29, 1.82) is 0 Å². The van der Waals surface area contributed by atoms with E-state index in [1.807, 2.05) is 13.8 Å². The number of amides is 1. The zero-order valence-electron chi connectivity index (χ0n) is 20.6. The molecule has 0 aromatic carbocycles. The standard InChI is InChI=1S/C24H34ClF2N5O3/c1-5-15(4)30-18-11-17(35-23(26)27)16(12-28-18)21-19(25)20(31-32(21)6-2)22(33)29-13-24(34)9-7-14(3)8-10-24/h11-12,14-15,23,34H,5-10,13H2,1-4H3,(H,28,30)(H,29,33)/t14?,15-,24?/m0/s1. The second kappa shape index (κ2) is 11.5. The van der Waals surface area contributed by atoms with E-state index in [1.54, 1.807) is 6.92 Å². The third-order valence-corrected chi connectivity index (χ3v) is 6.89. The lowest BCUT2D eigenvalue weighted by molar-refractivity contribution is -0.0494. The molecule has 2 heterocycles. The molecular weight excluding hydrogens is 480 g/mol. The van der Waals surface area contributed by atoms with Crippen LogP contribution in [0.5, 0.6) is 5.75 Å². The van der Waals surface area contributed by atoms with Crippen molar-refractivity contribution in [2.45, 2.75) is 84.6 Å². The highest BCUT2D eigenvalue weighted by molar-refractivity contribution is 6.36. The van der Waals surface area contributed by atoms with Crippen LogP contribution in [0.25, 0.3) is 11.3 Å². The summed E-state index contributed by atoms with van der Waals surface area (Å²) in [5.74, 6) is 0.253. The summed E-state index contributed by atoms with van der Waals surface area (Å²) in [6.45, 7) is 5.21. The van der Waals surface area contributed by atoms with Gasteiger partial charge in [0, 0.05) is 31.4 Å². The number of nitrogens with one attached hydrogen (secondary N) is 2. The molecule has 11 heteroatoms. The van der Waals surface area contributed by atoms with Gasteiger partial charge < -0.3 is 20.5 Å². The number of anilines is 1. The second-order valence-corrected chi connectivity index (χ2v) is 9.69. The van der Waals surface area contributed by atoms with Crippen LogP contribution in [-0.4, -0.2) is 50.6 Å². The molecule has 35 heavy (non-hydrogen) atoms. The molecule has 0 unspecified atom stereocenters. The molecule has 1 aliphatic rings. The molecule has 3 rings (SSSR count). The van der Waals surface area contributed by atoms with Crippen LogP contribution < -0.4 is 15.4 Å². The zero-order chi connectivity index (χ0) is 25.8. The Bertz CT molecular complexity index is 1020. The zero-order valence-corrected chi connectivity index (χ0v) is 21.3. The fraction of sp³-hybridized carbons (Fsp3) is 0.625. The minimum Gasteiger partial charge on any atom is -0.434 e. The molecule has 0 saturated heterocycles. The SMILES string of the molecule is CC[C@H](C)Nc1cc(OC(F)F)c(-c2c(Cl)c(C(=O)NCC3(O)CCC(C)CC3)nn2CC)cn1. The van der Waals surface area contributed by atoms with Crippen molar-refractivity contribution in [3.05, 3.63) is 23.0 Å². The summed E-state index contributed by atoms with van der Waals surface area (Å²) in [6.07, 6.45) is 5.19. The van der Waals surface area contributed by atoms with Crippen molar-refractivity contribution in [1.82, 2.24) is 20.1 Å². The van der Waals surface area contributed by atoms with Crippen molar-refractivity contribution in [3.8, 4) is 17.0 Å². The van der Waals surface area contributed by atoms with Crippen LogP contribution in [0.15, 0.2) is 12.3 Å². The minimum absolute atomic E-state index is 0.00263. The smallest absolute Gasteiger partial charge is 0.387 e. The summed E-state index contributed by atoms with van der Waals surface area (Å²) in [5, 5.41) is 21.0. The van der Waals surface area contributed by atoms with Crippen LogP contribution in [-0.2, 0) is 6.54 Å². The Morgan fingerprint density at radius 1 is 1.37 bits per heavy atom. The number of carbonyl (C=O) groups excluding carboxylic acids is 1. The molecule has 0 aliphatic heterocycles. The molecule has 1 atom stereocenters. The van der Waals surface area contributed by atoms with E-state index < -0.39 is 18.1 Å². The Labute approximate surface area is 209 Å². The number of hydrogen-bond acceptors (Lipinski definition) is 6. The summed E-state index contributed by atoms with van der Waals surface area (Å²) in [5.41, 5.74) is -0.576. The van der Waals surface area contributed by atoms with Gasteiger partial charge >= 0.3 is 6.61 Å². The molecular formula is C24H34ClF2N5O3. The largest absolute Gasteiger partial charge is 0.434 e. The van der Waals surface area contributed by atoms with Gasteiger partial charge in [-0.15, -0.1) is 0 Å². The molecule has 194 valence electrons. The number of rotatable bonds is 10. The number of aryl methyl sites for hydroxylation is 1. The molecule has 1 aliphatic carbocycles. The second-order valence-electron chi connectivity index (χ2n) is 9.31. The van der Waals surface area contributed by atoms with E-state index in [0.29, 0.717) is 31.1 Å². The lowest BCUT2D eigenvalue weighted by Gasteiger charge is -2.34. The topological polar surface area (TPSA) is 101 Å². The fourth-order valence-electron chi connectivity index (χ4n) is 4.12. The summed E-state index contributed by atoms with van der Waals surface area (Å²) in [4.78, 5) is 17.3. The van der Waals surface area contributed by atoms with E-state index in [1.165, 1.54) is 16.9 Å². The number of pyridine rings is 1. The van der Waals surface area contributed by atoms with Gasteiger partial charge in [-0.05, 0) is 51.9 Å². The van der Waals surface area contributed by atoms with E-state index >= 15 is 0 Å². The number of ether oxygens (including phenoxy) is 1. The highest BCUT2D eigenvalue weighted by atomic mass is 35.5.